The monoisotopic (exact) mass is 406 g/mol. The molecule has 28 heavy (non-hydrogen) atoms. The van der Waals surface area contributed by atoms with Crippen molar-refractivity contribution in [2.75, 3.05) is 26.6 Å². The molecule has 150 valence electrons. The lowest BCUT2D eigenvalue weighted by atomic mass is 10.2. The molecule has 1 fully saturated rings. The number of benzene rings is 2. The van der Waals surface area contributed by atoms with Crippen molar-refractivity contribution in [1.29, 1.82) is 0 Å². The molecule has 0 spiro atoms. The third-order valence-corrected chi connectivity index (χ3v) is 4.86. The van der Waals surface area contributed by atoms with Gasteiger partial charge < -0.3 is 29.5 Å². The summed E-state index contributed by atoms with van der Waals surface area (Å²) >= 11 is 6.19. The number of rotatable bonds is 7. The highest BCUT2D eigenvalue weighted by Crippen LogP contribution is 2.37. The lowest BCUT2D eigenvalue weighted by molar-refractivity contribution is 0.206. The quantitative estimate of drug-likeness (QED) is 0.717. The van der Waals surface area contributed by atoms with Gasteiger partial charge in [-0.3, -0.25) is 0 Å². The summed E-state index contributed by atoms with van der Waals surface area (Å²) in [6.07, 6.45) is 1.90. The Hall–Kier alpha value is -2.80. The van der Waals surface area contributed by atoms with Gasteiger partial charge in [-0.05, 0) is 36.6 Å². The van der Waals surface area contributed by atoms with Crippen LogP contribution in [-0.2, 0) is 6.54 Å². The predicted molar refractivity (Wildman–Crippen MR) is 107 cm³/mol. The zero-order chi connectivity index (χ0) is 20.3. The van der Waals surface area contributed by atoms with E-state index in [-0.39, 0.29) is 17.8 Å². The van der Waals surface area contributed by atoms with Gasteiger partial charge in [0, 0.05) is 18.7 Å². The van der Waals surface area contributed by atoms with E-state index in [1.54, 1.807) is 35.2 Å². The van der Waals surface area contributed by atoms with Crippen molar-refractivity contribution in [1.82, 2.24) is 4.90 Å². The molecule has 8 heteroatoms. The number of hydrogen-bond acceptors (Lipinski definition) is 5. The van der Waals surface area contributed by atoms with Gasteiger partial charge in [-0.15, -0.1) is 0 Å². The first-order valence-corrected chi connectivity index (χ1v) is 9.19. The molecule has 1 aliphatic carbocycles. The van der Waals surface area contributed by atoms with Gasteiger partial charge in [0.25, 0.3) is 0 Å². The number of methoxy groups -OCH3 is 3. The van der Waals surface area contributed by atoms with Crippen molar-refractivity contribution in [3.8, 4) is 23.0 Å². The lowest BCUT2D eigenvalue weighted by Crippen LogP contribution is -2.36. The second-order valence-corrected chi connectivity index (χ2v) is 6.89. The number of halogens is 1. The highest BCUT2D eigenvalue weighted by molar-refractivity contribution is 6.32. The largest absolute Gasteiger partial charge is 0.504 e. The molecule has 0 aliphatic heterocycles. The molecule has 7 nitrogen and oxygen atoms in total. The maximum absolute atomic E-state index is 13.0. The fourth-order valence-corrected chi connectivity index (χ4v) is 3.16. The second-order valence-electron chi connectivity index (χ2n) is 6.48. The molecule has 2 amide bonds. The number of amides is 2. The summed E-state index contributed by atoms with van der Waals surface area (Å²) in [6.45, 7) is 0.388. The molecule has 3 rings (SSSR count). The number of nitrogens with one attached hydrogen (secondary N) is 1. The maximum atomic E-state index is 13.0. The van der Waals surface area contributed by atoms with Crippen LogP contribution in [0.15, 0.2) is 30.3 Å². The second kappa shape index (κ2) is 8.48. The molecule has 0 atom stereocenters. The molecular weight excluding hydrogens is 384 g/mol. The number of anilines is 1. The summed E-state index contributed by atoms with van der Waals surface area (Å²) in [6, 6.07) is 8.20. The van der Waals surface area contributed by atoms with E-state index in [1.807, 2.05) is 0 Å². The van der Waals surface area contributed by atoms with E-state index < -0.39 is 0 Å². The third kappa shape index (κ3) is 4.36. The van der Waals surface area contributed by atoms with E-state index in [9.17, 15) is 9.90 Å². The number of aromatic hydroxyl groups is 1. The predicted octanol–water partition coefficient (Wildman–Crippen LogP) is 4.27. The molecule has 0 heterocycles. The summed E-state index contributed by atoms with van der Waals surface area (Å²) < 4.78 is 15.7. The van der Waals surface area contributed by atoms with Crippen molar-refractivity contribution in [3.63, 3.8) is 0 Å². The van der Waals surface area contributed by atoms with E-state index in [1.165, 1.54) is 21.3 Å². The Labute approximate surface area is 168 Å². The number of urea groups is 1. The highest BCUT2D eigenvalue weighted by atomic mass is 35.5. The van der Waals surface area contributed by atoms with Gasteiger partial charge in [0.05, 0.1) is 32.0 Å². The minimum absolute atomic E-state index is 0.0614. The zero-order valence-electron chi connectivity index (χ0n) is 16.0. The summed E-state index contributed by atoms with van der Waals surface area (Å²) in [5.41, 5.74) is 1.32. The summed E-state index contributed by atoms with van der Waals surface area (Å²) in [5.74, 6) is 1.35. The Balaban J connectivity index is 1.80. The average Bonchev–Trinajstić information content (AvgIpc) is 3.52. The smallest absolute Gasteiger partial charge is 0.322 e. The van der Waals surface area contributed by atoms with Crippen LogP contribution in [0.1, 0.15) is 18.4 Å². The minimum atomic E-state index is -0.255. The fraction of sp³-hybridized carbons (Fsp3) is 0.350. The van der Waals surface area contributed by atoms with Crippen molar-refractivity contribution in [2.45, 2.75) is 25.4 Å². The first-order chi connectivity index (χ1) is 13.5. The van der Waals surface area contributed by atoms with Crippen LogP contribution in [0.3, 0.4) is 0 Å². The Morgan fingerprint density at radius 2 is 1.79 bits per heavy atom. The molecule has 0 radical (unpaired) electrons. The number of carbonyl (C=O) groups is 1. The Morgan fingerprint density at radius 3 is 2.39 bits per heavy atom. The highest BCUT2D eigenvalue weighted by Gasteiger charge is 2.33. The van der Waals surface area contributed by atoms with Crippen LogP contribution in [0.25, 0.3) is 0 Å². The normalized spacial score (nSPS) is 13.0. The number of nitrogens with zero attached hydrogens (tertiary/aromatic N) is 1. The van der Waals surface area contributed by atoms with Crippen LogP contribution in [0.5, 0.6) is 23.0 Å². The lowest BCUT2D eigenvalue weighted by Gasteiger charge is -2.24. The van der Waals surface area contributed by atoms with Gasteiger partial charge in [0.15, 0.2) is 11.5 Å². The van der Waals surface area contributed by atoms with Crippen molar-refractivity contribution >= 4 is 23.3 Å². The maximum Gasteiger partial charge on any atom is 0.322 e. The molecule has 0 saturated heterocycles. The van der Waals surface area contributed by atoms with E-state index in [2.05, 4.69) is 5.32 Å². The Morgan fingerprint density at radius 1 is 1.11 bits per heavy atom. The zero-order valence-corrected chi connectivity index (χ0v) is 16.7. The fourth-order valence-electron chi connectivity index (χ4n) is 2.91. The van der Waals surface area contributed by atoms with E-state index in [0.717, 1.165) is 18.4 Å². The summed E-state index contributed by atoms with van der Waals surface area (Å²) in [5, 5.41) is 13.0. The molecule has 1 aliphatic rings. The minimum Gasteiger partial charge on any atom is -0.504 e. The molecule has 0 bridgehead atoms. The van der Waals surface area contributed by atoms with Crippen LogP contribution >= 0.6 is 11.6 Å². The van der Waals surface area contributed by atoms with Gasteiger partial charge in [-0.1, -0.05) is 17.7 Å². The first kappa shape index (κ1) is 19.9. The number of phenolic OH excluding ortho intramolecular Hbond substituents is 1. The van der Waals surface area contributed by atoms with Gasteiger partial charge in [0.2, 0.25) is 0 Å². The van der Waals surface area contributed by atoms with Crippen molar-refractivity contribution in [2.24, 2.45) is 0 Å². The van der Waals surface area contributed by atoms with Gasteiger partial charge >= 0.3 is 6.03 Å². The molecule has 1 saturated carbocycles. The van der Waals surface area contributed by atoms with Crippen LogP contribution < -0.4 is 19.5 Å². The first-order valence-electron chi connectivity index (χ1n) is 8.81. The van der Waals surface area contributed by atoms with Crippen molar-refractivity contribution < 1.29 is 24.1 Å². The van der Waals surface area contributed by atoms with Crippen LogP contribution in [-0.4, -0.2) is 43.4 Å². The van der Waals surface area contributed by atoms with E-state index in [4.69, 9.17) is 25.8 Å². The molecule has 0 unspecified atom stereocenters. The summed E-state index contributed by atoms with van der Waals surface area (Å²) in [4.78, 5) is 14.7. The number of phenols is 1. The van der Waals surface area contributed by atoms with E-state index in [0.29, 0.717) is 34.5 Å². The third-order valence-electron chi connectivity index (χ3n) is 4.56. The Kier molecular flexibility index (Phi) is 6.04. The van der Waals surface area contributed by atoms with Gasteiger partial charge in [0.1, 0.15) is 11.5 Å². The molecular formula is C20H23ClN2O5. The molecule has 2 aromatic rings. The SMILES string of the molecule is COc1cc(CN(C(=O)Nc2cc(Cl)c(OC)cc2OC)C2CC2)ccc1O. The van der Waals surface area contributed by atoms with Gasteiger partial charge in [-0.25, -0.2) is 4.79 Å². The van der Waals surface area contributed by atoms with Crippen molar-refractivity contribution in [3.05, 3.63) is 40.9 Å². The molecule has 2 N–H and O–H groups in total. The number of ether oxygens (including phenoxy) is 3. The number of carbonyl (C=O) groups excluding carboxylic acids is 1. The standard InChI is InChI=1S/C20H23ClN2O5/c1-26-17-10-18(27-2)15(9-14(17)21)22-20(25)23(13-5-6-13)11-12-4-7-16(24)19(8-12)28-3/h4,7-10,13,24H,5-6,11H2,1-3H3,(H,22,25). The Bertz CT molecular complexity index is 870. The van der Waals surface area contributed by atoms with Crippen LogP contribution in [0.4, 0.5) is 10.5 Å². The number of hydrogen-bond donors (Lipinski definition) is 2. The van der Waals surface area contributed by atoms with Gasteiger partial charge in [-0.2, -0.15) is 0 Å². The van der Waals surface area contributed by atoms with Crippen LogP contribution in [0.2, 0.25) is 5.02 Å². The van der Waals surface area contributed by atoms with E-state index >= 15 is 0 Å². The van der Waals surface area contributed by atoms with Crippen LogP contribution in [0, 0.1) is 0 Å². The average molecular weight is 407 g/mol. The molecule has 2 aromatic carbocycles. The molecule has 0 aromatic heterocycles. The summed E-state index contributed by atoms with van der Waals surface area (Å²) in [7, 11) is 4.52. The topological polar surface area (TPSA) is 80.3 Å².